The summed E-state index contributed by atoms with van der Waals surface area (Å²) in [5.74, 6) is 5.65. The lowest BCUT2D eigenvalue weighted by Gasteiger charge is -2.09. The summed E-state index contributed by atoms with van der Waals surface area (Å²) in [7, 11) is 1.64. The van der Waals surface area contributed by atoms with Crippen LogP contribution in [0.3, 0.4) is 0 Å². The number of aliphatic imine (C=N–C) groups is 1. The maximum atomic E-state index is 5.50. The molecular formula is C8H12N4. The Balaban J connectivity index is 2.81. The summed E-state index contributed by atoms with van der Waals surface area (Å²) in [6.45, 7) is 0. The molecule has 64 valence electrons. The van der Waals surface area contributed by atoms with E-state index in [9.17, 15) is 0 Å². The quantitative estimate of drug-likeness (QED) is 0.274. The SMILES string of the molecule is CN(N)C(N)=Nc1ccccc1. The summed E-state index contributed by atoms with van der Waals surface area (Å²) in [5, 5.41) is 1.27. The molecule has 4 nitrogen and oxygen atoms in total. The van der Waals surface area contributed by atoms with Gasteiger partial charge in [0.2, 0.25) is 5.96 Å². The molecule has 0 aliphatic carbocycles. The number of hydrazine groups is 1. The average Bonchev–Trinajstić information content (AvgIpc) is 2.06. The minimum Gasteiger partial charge on any atom is -0.368 e. The lowest BCUT2D eigenvalue weighted by atomic mass is 10.3. The van der Waals surface area contributed by atoms with Gasteiger partial charge in [0.1, 0.15) is 0 Å². The molecular weight excluding hydrogens is 152 g/mol. The molecule has 0 saturated carbocycles. The van der Waals surface area contributed by atoms with E-state index in [1.54, 1.807) is 7.05 Å². The molecule has 12 heavy (non-hydrogen) atoms. The third kappa shape index (κ3) is 2.25. The van der Waals surface area contributed by atoms with E-state index in [2.05, 4.69) is 4.99 Å². The van der Waals surface area contributed by atoms with E-state index in [1.165, 1.54) is 5.01 Å². The first-order valence-electron chi connectivity index (χ1n) is 3.58. The third-order valence-electron chi connectivity index (χ3n) is 1.36. The zero-order valence-electron chi connectivity index (χ0n) is 6.94. The van der Waals surface area contributed by atoms with Crippen molar-refractivity contribution in [2.24, 2.45) is 16.6 Å². The molecule has 0 aromatic heterocycles. The second kappa shape index (κ2) is 3.73. The van der Waals surface area contributed by atoms with Gasteiger partial charge in [0.05, 0.1) is 5.69 Å². The van der Waals surface area contributed by atoms with E-state index in [0.717, 1.165) is 5.69 Å². The standard InChI is InChI=1S/C8H12N4/c1-12(10)8(9)11-7-5-3-2-4-6-7/h2-6H,10H2,1H3,(H2,9,11). The van der Waals surface area contributed by atoms with Crippen LogP contribution in [-0.4, -0.2) is 18.0 Å². The molecule has 4 N–H and O–H groups in total. The normalized spacial score (nSPS) is 11.3. The zero-order valence-corrected chi connectivity index (χ0v) is 6.94. The van der Waals surface area contributed by atoms with Crippen LogP contribution >= 0.6 is 0 Å². The first-order chi connectivity index (χ1) is 5.70. The number of hydrogen-bond donors (Lipinski definition) is 2. The maximum Gasteiger partial charge on any atom is 0.210 e. The van der Waals surface area contributed by atoms with Crippen LogP contribution < -0.4 is 11.6 Å². The van der Waals surface area contributed by atoms with Crippen LogP contribution in [0.1, 0.15) is 0 Å². The predicted octanol–water partition coefficient (Wildman–Crippen LogP) is 0.438. The molecule has 1 aromatic rings. The van der Waals surface area contributed by atoms with Gasteiger partial charge in [-0.05, 0) is 12.1 Å². The van der Waals surface area contributed by atoms with Crippen molar-refractivity contribution in [3.8, 4) is 0 Å². The Bertz CT molecular complexity index is 266. The molecule has 4 heteroatoms. The van der Waals surface area contributed by atoms with Crippen molar-refractivity contribution in [2.75, 3.05) is 7.05 Å². The number of nitrogens with zero attached hydrogens (tertiary/aromatic N) is 2. The molecule has 0 fully saturated rings. The topological polar surface area (TPSA) is 67.6 Å². The first-order valence-corrected chi connectivity index (χ1v) is 3.58. The van der Waals surface area contributed by atoms with E-state index in [4.69, 9.17) is 11.6 Å². The van der Waals surface area contributed by atoms with E-state index in [0.29, 0.717) is 5.96 Å². The average molecular weight is 164 g/mol. The summed E-state index contributed by atoms with van der Waals surface area (Å²) >= 11 is 0. The lowest BCUT2D eigenvalue weighted by molar-refractivity contribution is 0.532. The number of benzene rings is 1. The molecule has 0 saturated heterocycles. The largest absolute Gasteiger partial charge is 0.368 e. The Morgan fingerprint density at radius 2 is 1.92 bits per heavy atom. The van der Waals surface area contributed by atoms with Crippen LogP contribution in [-0.2, 0) is 0 Å². The molecule has 0 heterocycles. The fourth-order valence-electron chi connectivity index (χ4n) is 0.714. The first kappa shape index (κ1) is 8.55. The van der Waals surface area contributed by atoms with Crippen molar-refractivity contribution in [2.45, 2.75) is 0 Å². The van der Waals surface area contributed by atoms with Gasteiger partial charge in [0.25, 0.3) is 0 Å². The molecule has 0 atom stereocenters. The number of nitrogens with two attached hydrogens (primary N) is 2. The van der Waals surface area contributed by atoms with Crippen LogP contribution in [0, 0.1) is 0 Å². The van der Waals surface area contributed by atoms with Crippen LogP contribution in [0.4, 0.5) is 5.69 Å². The molecule has 0 aliphatic heterocycles. The number of guanidine groups is 1. The molecule has 0 aliphatic rings. The predicted molar refractivity (Wildman–Crippen MR) is 49.7 cm³/mol. The van der Waals surface area contributed by atoms with Gasteiger partial charge in [-0.25, -0.2) is 10.8 Å². The van der Waals surface area contributed by atoms with Crippen molar-refractivity contribution >= 4 is 11.6 Å². The van der Waals surface area contributed by atoms with Gasteiger partial charge >= 0.3 is 0 Å². The van der Waals surface area contributed by atoms with Gasteiger partial charge in [0.15, 0.2) is 0 Å². The number of hydrogen-bond acceptors (Lipinski definition) is 2. The Kier molecular flexibility index (Phi) is 2.66. The minimum atomic E-state index is 0.293. The molecule has 1 rings (SSSR count). The Morgan fingerprint density at radius 3 is 2.42 bits per heavy atom. The Morgan fingerprint density at radius 1 is 1.33 bits per heavy atom. The summed E-state index contributed by atoms with van der Waals surface area (Å²) in [6.07, 6.45) is 0. The van der Waals surface area contributed by atoms with E-state index in [-0.39, 0.29) is 0 Å². The second-order valence-electron chi connectivity index (χ2n) is 2.42. The van der Waals surface area contributed by atoms with Gasteiger partial charge in [-0.1, -0.05) is 18.2 Å². The minimum absolute atomic E-state index is 0.293. The van der Waals surface area contributed by atoms with Crippen LogP contribution in [0.2, 0.25) is 0 Å². The van der Waals surface area contributed by atoms with Crippen LogP contribution in [0.5, 0.6) is 0 Å². The van der Waals surface area contributed by atoms with Crippen molar-refractivity contribution in [3.05, 3.63) is 30.3 Å². The maximum absolute atomic E-state index is 5.50. The third-order valence-corrected chi connectivity index (χ3v) is 1.36. The van der Waals surface area contributed by atoms with Crippen LogP contribution in [0.25, 0.3) is 0 Å². The van der Waals surface area contributed by atoms with Gasteiger partial charge in [-0.15, -0.1) is 0 Å². The van der Waals surface area contributed by atoms with Gasteiger partial charge in [-0.3, -0.25) is 5.01 Å². The highest BCUT2D eigenvalue weighted by Gasteiger charge is 1.93. The summed E-state index contributed by atoms with van der Waals surface area (Å²) in [5.41, 5.74) is 6.30. The van der Waals surface area contributed by atoms with E-state index >= 15 is 0 Å². The number of para-hydroxylation sites is 1. The Hall–Kier alpha value is -1.55. The highest BCUT2D eigenvalue weighted by molar-refractivity contribution is 5.80. The summed E-state index contributed by atoms with van der Waals surface area (Å²) in [4.78, 5) is 4.05. The molecule has 1 aromatic carbocycles. The van der Waals surface area contributed by atoms with Gasteiger partial charge in [-0.2, -0.15) is 0 Å². The fourth-order valence-corrected chi connectivity index (χ4v) is 0.714. The second-order valence-corrected chi connectivity index (χ2v) is 2.42. The molecule has 0 bridgehead atoms. The summed E-state index contributed by atoms with van der Waals surface area (Å²) < 4.78 is 0. The van der Waals surface area contributed by atoms with Gasteiger partial charge < -0.3 is 5.73 Å². The van der Waals surface area contributed by atoms with E-state index < -0.39 is 0 Å². The van der Waals surface area contributed by atoms with E-state index in [1.807, 2.05) is 30.3 Å². The fraction of sp³-hybridized carbons (Fsp3) is 0.125. The molecule has 0 spiro atoms. The van der Waals surface area contributed by atoms with Crippen molar-refractivity contribution < 1.29 is 0 Å². The monoisotopic (exact) mass is 164 g/mol. The summed E-state index contributed by atoms with van der Waals surface area (Å²) in [6, 6.07) is 9.42. The zero-order chi connectivity index (χ0) is 8.97. The van der Waals surface area contributed by atoms with Gasteiger partial charge in [0, 0.05) is 7.05 Å². The van der Waals surface area contributed by atoms with Crippen molar-refractivity contribution in [1.29, 1.82) is 0 Å². The smallest absolute Gasteiger partial charge is 0.210 e. The van der Waals surface area contributed by atoms with Crippen molar-refractivity contribution in [3.63, 3.8) is 0 Å². The molecule has 0 radical (unpaired) electrons. The van der Waals surface area contributed by atoms with Crippen molar-refractivity contribution in [1.82, 2.24) is 5.01 Å². The highest BCUT2D eigenvalue weighted by atomic mass is 15.4. The number of rotatable bonds is 1. The highest BCUT2D eigenvalue weighted by Crippen LogP contribution is 2.08. The lowest BCUT2D eigenvalue weighted by Crippen LogP contribution is -2.38. The molecule has 0 unspecified atom stereocenters. The molecule has 0 amide bonds. The van der Waals surface area contributed by atoms with Crippen LogP contribution in [0.15, 0.2) is 35.3 Å². The Labute approximate surface area is 71.5 Å².